The number of amides is 3. The van der Waals surface area contributed by atoms with Crippen LogP contribution in [0.15, 0.2) is 78.9 Å². The largest absolute Gasteiger partial charge is 0.493 e. The Hall–Kier alpha value is -4.53. The molecule has 0 aromatic heterocycles. The van der Waals surface area contributed by atoms with E-state index in [0.717, 1.165) is 6.08 Å². The second-order valence-corrected chi connectivity index (χ2v) is 9.24. The number of carbonyl (C=O) groups is 3. The van der Waals surface area contributed by atoms with Crippen LogP contribution in [0.25, 0.3) is 5.57 Å². The summed E-state index contributed by atoms with van der Waals surface area (Å²) in [6.45, 7) is 4.24. The first-order chi connectivity index (χ1) is 19.2. The van der Waals surface area contributed by atoms with E-state index in [1.165, 1.54) is 23.1 Å². The number of benzene rings is 3. The number of allylic oxidation sites excluding steroid dienone is 1. The number of para-hydroxylation sites is 2. The van der Waals surface area contributed by atoms with Crippen LogP contribution in [0, 0.1) is 0 Å². The molecule has 0 bridgehead atoms. The SMILES string of the molecule is CCCNC(=O)/C=C1/c2ccccc2N(C(=O)c2ccc(NC(=O)c3ccccc3OCC)cc2)CCC1(F)F. The minimum Gasteiger partial charge on any atom is -0.493 e. The Labute approximate surface area is 231 Å². The van der Waals surface area contributed by atoms with Crippen molar-refractivity contribution >= 4 is 34.7 Å². The van der Waals surface area contributed by atoms with E-state index in [9.17, 15) is 14.4 Å². The molecule has 40 heavy (non-hydrogen) atoms. The van der Waals surface area contributed by atoms with Crippen molar-refractivity contribution in [1.29, 1.82) is 0 Å². The lowest BCUT2D eigenvalue weighted by Crippen LogP contribution is -2.33. The summed E-state index contributed by atoms with van der Waals surface area (Å²) in [6.07, 6.45) is 0.963. The zero-order valence-electron chi connectivity index (χ0n) is 22.4. The molecule has 208 valence electrons. The van der Waals surface area contributed by atoms with Gasteiger partial charge >= 0.3 is 0 Å². The minimum atomic E-state index is -3.32. The number of nitrogens with one attached hydrogen (secondary N) is 2. The normalized spacial score (nSPS) is 15.1. The van der Waals surface area contributed by atoms with Crippen LogP contribution in [0.5, 0.6) is 5.75 Å². The topological polar surface area (TPSA) is 87.7 Å². The molecule has 3 amide bonds. The van der Waals surface area contributed by atoms with E-state index in [1.807, 2.05) is 13.8 Å². The lowest BCUT2D eigenvalue weighted by atomic mass is 9.97. The molecule has 7 nitrogen and oxygen atoms in total. The Morgan fingerprint density at radius 1 is 0.975 bits per heavy atom. The van der Waals surface area contributed by atoms with Crippen molar-refractivity contribution in [3.63, 3.8) is 0 Å². The van der Waals surface area contributed by atoms with E-state index in [2.05, 4.69) is 10.6 Å². The Bertz CT molecular complexity index is 1420. The van der Waals surface area contributed by atoms with Gasteiger partial charge < -0.3 is 20.3 Å². The lowest BCUT2D eigenvalue weighted by Gasteiger charge is -2.23. The average molecular weight is 548 g/mol. The number of alkyl halides is 2. The number of nitrogens with zero attached hydrogens (tertiary/aromatic N) is 1. The number of carbonyl (C=O) groups excluding carboxylic acids is 3. The lowest BCUT2D eigenvalue weighted by molar-refractivity contribution is -0.116. The maximum atomic E-state index is 15.3. The van der Waals surface area contributed by atoms with Gasteiger partial charge in [0, 0.05) is 48.0 Å². The summed E-state index contributed by atoms with van der Waals surface area (Å²) in [7, 11) is 0. The molecule has 0 spiro atoms. The van der Waals surface area contributed by atoms with Gasteiger partial charge in [0.1, 0.15) is 5.75 Å². The van der Waals surface area contributed by atoms with Gasteiger partial charge in [0.15, 0.2) is 0 Å². The number of anilines is 2. The Morgan fingerprint density at radius 2 is 1.68 bits per heavy atom. The molecule has 0 fully saturated rings. The van der Waals surface area contributed by atoms with Gasteiger partial charge in [-0.2, -0.15) is 0 Å². The van der Waals surface area contributed by atoms with E-state index in [4.69, 9.17) is 4.74 Å². The molecule has 1 aliphatic heterocycles. The van der Waals surface area contributed by atoms with Gasteiger partial charge in [-0.3, -0.25) is 14.4 Å². The predicted octanol–water partition coefficient (Wildman–Crippen LogP) is 5.93. The molecule has 1 aliphatic rings. The van der Waals surface area contributed by atoms with Crippen molar-refractivity contribution in [3.8, 4) is 5.75 Å². The monoisotopic (exact) mass is 547 g/mol. The molecule has 0 atom stereocenters. The molecule has 0 aliphatic carbocycles. The number of halogens is 2. The minimum absolute atomic E-state index is 0.127. The third-order valence-electron chi connectivity index (χ3n) is 6.42. The van der Waals surface area contributed by atoms with E-state index in [1.54, 1.807) is 54.6 Å². The van der Waals surface area contributed by atoms with Crippen LogP contribution < -0.4 is 20.3 Å². The van der Waals surface area contributed by atoms with Gasteiger partial charge in [-0.25, -0.2) is 8.78 Å². The van der Waals surface area contributed by atoms with E-state index >= 15 is 8.78 Å². The Morgan fingerprint density at radius 3 is 2.40 bits per heavy atom. The van der Waals surface area contributed by atoms with E-state index in [-0.39, 0.29) is 23.6 Å². The van der Waals surface area contributed by atoms with Crippen LogP contribution in [0.1, 0.15) is 53.0 Å². The van der Waals surface area contributed by atoms with Gasteiger partial charge in [0.2, 0.25) is 5.91 Å². The molecular formula is C31H31F2N3O4. The number of fused-ring (bicyclic) bond motifs is 1. The predicted molar refractivity (Wildman–Crippen MR) is 151 cm³/mol. The van der Waals surface area contributed by atoms with E-state index < -0.39 is 29.7 Å². The highest BCUT2D eigenvalue weighted by Gasteiger charge is 2.41. The van der Waals surface area contributed by atoms with Crippen LogP contribution in [-0.2, 0) is 4.79 Å². The fourth-order valence-corrected chi connectivity index (χ4v) is 4.45. The summed E-state index contributed by atoms with van der Waals surface area (Å²) in [5.41, 5.74) is 1.10. The first-order valence-electron chi connectivity index (χ1n) is 13.2. The van der Waals surface area contributed by atoms with Crippen molar-refractivity contribution in [2.24, 2.45) is 0 Å². The molecule has 2 N–H and O–H groups in total. The number of ether oxygens (including phenoxy) is 1. The van der Waals surface area contributed by atoms with Crippen molar-refractivity contribution < 1.29 is 27.9 Å². The fourth-order valence-electron chi connectivity index (χ4n) is 4.45. The van der Waals surface area contributed by atoms with Gasteiger partial charge in [0.25, 0.3) is 17.7 Å². The van der Waals surface area contributed by atoms with Crippen LogP contribution >= 0.6 is 0 Å². The van der Waals surface area contributed by atoms with Gasteiger partial charge in [0.05, 0.1) is 17.9 Å². The van der Waals surface area contributed by atoms with Crippen LogP contribution in [0.4, 0.5) is 20.2 Å². The zero-order valence-corrected chi connectivity index (χ0v) is 22.4. The standard InChI is InChI=1S/C31H31F2N3O4/c1-3-18-34-28(37)20-25-23-9-5-7-11-26(23)36(19-17-31(25,32)33)30(39)21-13-15-22(16-14-21)35-29(38)24-10-6-8-12-27(24)40-4-2/h5-16,20H,3-4,17-19H2,1-2H3,(H,34,37)(H,35,38)/b25-20-. The molecule has 4 rings (SSSR count). The Kier molecular flexibility index (Phi) is 8.93. The molecule has 1 heterocycles. The smallest absolute Gasteiger partial charge is 0.275 e. The summed E-state index contributed by atoms with van der Waals surface area (Å²) in [5, 5.41) is 5.39. The fraction of sp³-hybridized carbons (Fsp3) is 0.258. The quantitative estimate of drug-likeness (QED) is 0.342. The van der Waals surface area contributed by atoms with Gasteiger partial charge in [-0.15, -0.1) is 0 Å². The van der Waals surface area contributed by atoms with Crippen LogP contribution in [0.2, 0.25) is 0 Å². The van der Waals surface area contributed by atoms with Crippen LogP contribution in [0.3, 0.4) is 0 Å². The van der Waals surface area contributed by atoms with Crippen LogP contribution in [-0.4, -0.2) is 43.3 Å². The second kappa shape index (κ2) is 12.5. The third-order valence-corrected chi connectivity index (χ3v) is 6.42. The highest BCUT2D eigenvalue weighted by molar-refractivity contribution is 6.10. The number of hydrogen-bond acceptors (Lipinski definition) is 4. The zero-order chi connectivity index (χ0) is 28.7. The second-order valence-electron chi connectivity index (χ2n) is 9.24. The molecular weight excluding hydrogens is 516 g/mol. The number of rotatable bonds is 8. The summed E-state index contributed by atoms with van der Waals surface area (Å²) < 4.78 is 36.1. The third kappa shape index (κ3) is 6.36. The van der Waals surface area contributed by atoms with Crippen molar-refractivity contribution in [1.82, 2.24) is 5.32 Å². The highest BCUT2D eigenvalue weighted by Crippen LogP contribution is 2.43. The van der Waals surface area contributed by atoms with Gasteiger partial charge in [-0.1, -0.05) is 37.3 Å². The van der Waals surface area contributed by atoms with Crippen molar-refractivity contribution in [2.75, 3.05) is 29.9 Å². The molecule has 9 heteroatoms. The van der Waals surface area contributed by atoms with Crippen molar-refractivity contribution in [3.05, 3.63) is 95.6 Å². The Balaban J connectivity index is 1.58. The maximum absolute atomic E-state index is 15.3. The molecule has 0 unspecified atom stereocenters. The van der Waals surface area contributed by atoms with Crippen molar-refractivity contribution in [2.45, 2.75) is 32.6 Å². The summed E-state index contributed by atoms with van der Waals surface area (Å²) >= 11 is 0. The first-order valence-corrected chi connectivity index (χ1v) is 13.2. The number of hydrogen-bond donors (Lipinski definition) is 2. The summed E-state index contributed by atoms with van der Waals surface area (Å²) in [6, 6.07) is 19.5. The molecule has 0 saturated carbocycles. The maximum Gasteiger partial charge on any atom is 0.275 e. The molecule has 0 saturated heterocycles. The summed E-state index contributed by atoms with van der Waals surface area (Å²) in [5.74, 6) is -4.30. The van der Waals surface area contributed by atoms with Gasteiger partial charge in [-0.05, 0) is 55.8 Å². The molecule has 3 aromatic rings. The highest BCUT2D eigenvalue weighted by atomic mass is 19.3. The van der Waals surface area contributed by atoms with E-state index in [0.29, 0.717) is 42.3 Å². The molecule has 0 radical (unpaired) electrons. The average Bonchev–Trinajstić information content (AvgIpc) is 3.06. The molecule has 3 aromatic carbocycles. The summed E-state index contributed by atoms with van der Waals surface area (Å²) in [4.78, 5) is 40.0. The first kappa shape index (κ1) is 28.5.